The molecule has 0 aromatic carbocycles. The zero-order valence-corrected chi connectivity index (χ0v) is 13.7. The lowest BCUT2D eigenvalue weighted by molar-refractivity contribution is -0.141. The zero-order valence-electron chi connectivity index (χ0n) is 12.9. The van der Waals surface area contributed by atoms with Gasteiger partial charge < -0.3 is 5.32 Å². The average Bonchev–Trinajstić information content (AvgIpc) is 3.14. The lowest BCUT2D eigenvalue weighted by Crippen LogP contribution is -2.19. The molecule has 0 radical (unpaired) electrons. The quantitative estimate of drug-likeness (QED) is 0.767. The zero-order chi connectivity index (χ0) is 18.0. The number of rotatable bonds is 4. The second kappa shape index (κ2) is 6.63. The number of aromatic nitrogens is 4. The van der Waals surface area contributed by atoms with Gasteiger partial charge in [0.2, 0.25) is 5.91 Å². The Labute approximate surface area is 144 Å². The van der Waals surface area contributed by atoms with Crippen molar-refractivity contribution in [3.05, 3.63) is 48.0 Å². The fraction of sp³-hybridized carbons (Fsp3) is 0.200. The summed E-state index contributed by atoms with van der Waals surface area (Å²) in [7, 11) is 0. The van der Waals surface area contributed by atoms with Gasteiger partial charge in [0, 0.05) is 12.4 Å². The summed E-state index contributed by atoms with van der Waals surface area (Å²) in [5.74, 6) is -0.516. The van der Waals surface area contributed by atoms with E-state index in [0.29, 0.717) is 10.8 Å². The van der Waals surface area contributed by atoms with Crippen LogP contribution in [0.5, 0.6) is 0 Å². The third kappa shape index (κ3) is 4.02. The predicted molar refractivity (Wildman–Crippen MR) is 85.9 cm³/mol. The van der Waals surface area contributed by atoms with Gasteiger partial charge in [-0.05, 0) is 25.1 Å². The molecule has 3 aromatic rings. The molecule has 130 valence electrons. The highest BCUT2D eigenvalue weighted by molar-refractivity contribution is 7.19. The molecule has 10 heteroatoms. The number of alkyl halides is 3. The van der Waals surface area contributed by atoms with E-state index < -0.39 is 17.8 Å². The number of nitrogens with zero attached hydrogens (tertiary/aromatic N) is 4. The maximum atomic E-state index is 12.5. The normalized spacial score (nSPS) is 11.5. The van der Waals surface area contributed by atoms with Crippen LogP contribution in [0, 0.1) is 6.92 Å². The van der Waals surface area contributed by atoms with Crippen LogP contribution in [0.25, 0.3) is 10.6 Å². The molecule has 1 amide bonds. The standard InChI is InChI=1S/C15H12F3N5OS/c1-9-13(10-4-2-3-6-19-10)25-14(20-9)21-12(24)8-23-7-5-11(22-23)15(16,17)18/h2-7H,8H2,1H3,(H,20,21,24). The second-order valence-corrected chi connectivity index (χ2v) is 6.09. The van der Waals surface area contributed by atoms with E-state index in [1.165, 1.54) is 11.3 Å². The Balaban J connectivity index is 1.69. The summed E-state index contributed by atoms with van der Waals surface area (Å²) in [6.07, 6.45) is -1.77. The molecule has 0 saturated carbocycles. The van der Waals surface area contributed by atoms with Gasteiger partial charge in [-0.2, -0.15) is 18.3 Å². The second-order valence-electron chi connectivity index (χ2n) is 5.09. The summed E-state index contributed by atoms with van der Waals surface area (Å²) < 4.78 is 38.4. The van der Waals surface area contributed by atoms with Crippen LogP contribution < -0.4 is 5.32 Å². The van der Waals surface area contributed by atoms with E-state index in [2.05, 4.69) is 20.4 Å². The van der Waals surface area contributed by atoms with Crippen LogP contribution in [0.1, 0.15) is 11.4 Å². The highest BCUT2D eigenvalue weighted by atomic mass is 32.1. The molecule has 3 aromatic heterocycles. The first-order valence-corrected chi connectivity index (χ1v) is 7.94. The number of thiazole rings is 1. The minimum absolute atomic E-state index is 0.340. The molecule has 0 fully saturated rings. The number of halogens is 3. The highest BCUT2D eigenvalue weighted by Crippen LogP contribution is 2.31. The number of hydrogen-bond donors (Lipinski definition) is 1. The Morgan fingerprint density at radius 1 is 1.32 bits per heavy atom. The number of anilines is 1. The first-order valence-electron chi connectivity index (χ1n) is 7.12. The van der Waals surface area contributed by atoms with E-state index >= 15 is 0 Å². The smallest absolute Gasteiger partial charge is 0.300 e. The van der Waals surface area contributed by atoms with Gasteiger partial charge in [0.1, 0.15) is 6.54 Å². The lowest BCUT2D eigenvalue weighted by Gasteiger charge is -2.03. The number of hydrogen-bond acceptors (Lipinski definition) is 5. The molecular formula is C15H12F3N5OS. The van der Waals surface area contributed by atoms with E-state index in [9.17, 15) is 18.0 Å². The van der Waals surface area contributed by atoms with Gasteiger partial charge in [-0.3, -0.25) is 14.5 Å². The highest BCUT2D eigenvalue weighted by Gasteiger charge is 2.33. The van der Waals surface area contributed by atoms with Crippen molar-refractivity contribution >= 4 is 22.4 Å². The average molecular weight is 367 g/mol. The number of aryl methyl sites for hydroxylation is 1. The van der Waals surface area contributed by atoms with E-state index in [1.807, 2.05) is 12.1 Å². The van der Waals surface area contributed by atoms with Crippen molar-refractivity contribution in [2.75, 3.05) is 5.32 Å². The van der Waals surface area contributed by atoms with Crippen molar-refractivity contribution in [3.63, 3.8) is 0 Å². The molecule has 0 saturated heterocycles. The molecule has 0 bridgehead atoms. The Morgan fingerprint density at radius 3 is 2.76 bits per heavy atom. The summed E-state index contributed by atoms with van der Waals surface area (Å²) in [6.45, 7) is 1.45. The van der Waals surface area contributed by atoms with Crippen LogP contribution in [-0.2, 0) is 17.5 Å². The van der Waals surface area contributed by atoms with Gasteiger partial charge in [0.15, 0.2) is 10.8 Å². The van der Waals surface area contributed by atoms with Gasteiger partial charge in [-0.1, -0.05) is 17.4 Å². The van der Waals surface area contributed by atoms with E-state index in [4.69, 9.17) is 0 Å². The molecule has 1 N–H and O–H groups in total. The van der Waals surface area contributed by atoms with E-state index in [0.717, 1.165) is 27.5 Å². The van der Waals surface area contributed by atoms with Gasteiger partial charge >= 0.3 is 6.18 Å². The van der Waals surface area contributed by atoms with Crippen molar-refractivity contribution in [1.82, 2.24) is 19.7 Å². The van der Waals surface area contributed by atoms with Crippen LogP contribution in [0.4, 0.5) is 18.3 Å². The molecule has 6 nitrogen and oxygen atoms in total. The van der Waals surface area contributed by atoms with E-state index in [-0.39, 0.29) is 6.54 Å². The van der Waals surface area contributed by atoms with Gasteiger partial charge in [0.05, 0.1) is 16.3 Å². The summed E-state index contributed by atoms with van der Waals surface area (Å²) in [5, 5.41) is 6.26. The summed E-state index contributed by atoms with van der Waals surface area (Å²) >= 11 is 1.25. The maximum Gasteiger partial charge on any atom is 0.435 e. The fourth-order valence-electron chi connectivity index (χ4n) is 2.09. The van der Waals surface area contributed by atoms with Crippen molar-refractivity contribution < 1.29 is 18.0 Å². The summed E-state index contributed by atoms with van der Waals surface area (Å²) in [6, 6.07) is 6.28. The number of nitrogens with one attached hydrogen (secondary N) is 1. The Morgan fingerprint density at radius 2 is 2.12 bits per heavy atom. The molecule has 0 spiro atoms. The molecule has 0 atom stereocenters. The molecular weight excluding hydrogens is 355 g/mol. The first-order chi connectivity index (χ1) is 11.8. The minimum atomic E-state index is -4.54. The van der Waals surface area contributed by atoms with Gasteiger partial charge in [-0.15, -0.1) is 0 Å². The van der Waals surface area contributed by atoms with Crippen LogP contribution in [0.3, 0.4) is 0 Å². The van der Waals surface area contributed by atoms with Crippen molar-refractivity contribution in [2.45, 2.75) is 19.6 Å². The van der Waals surface area contributed by atoms with Crippen LogP contribution in [-0.4, -0.2) is 25.7 Å². The van der Waals surface area contributed by atoms with Gasteiger partial charge in [-0.25, -0.2) is 4.98 Å². The number of pyridine rings is 1. The molecule has 0 unspecified atom stereocenters. The van der Waals surface area contributed by atoms with Gasteiger partial charge in [0.25, 0.3) is 0 Å². The Bertz CT molecular complexity index is 888. The number of carbonyl (C=O) groups is 1. The monoisotopic (exact) mass is 367 g/mol. The molecule has 3 heterocycles. The first kappa shape index (κ1) is 17.1. The number of carbonyl (C=O) groups excluding carboxylic acids is 1. The lowest BCUT2D eigenvalue weighted by atomic mass is 10.3. The van der Waals surface area contributed by atoms with Crippen molar-refractivity contribution in [2.24, 2.45) is 0 Å². The van der Waals surface area contributed by atoms with Crippen LogP contribution in [0.2, 0.25) is 0 Å². The van der Waals surface area contributed by atoms with Crippen LogP contribution >= 0.6 is 11.3 Å². The molecule has 0 aliphatic heterocycles. The molecule has 0 aliphatic rings. The third-order valence-corrected chi connectivity index (χ3v) is 4.27. The summed E-state index contributed by atoms with van der Waals surface area (Å²) in [5.41, 5.74) is 0.403. The van der Waals surface area contributed by atoms with Crippen LogP contribution in [0.15, 0.2) is 36.7 Å². The largest absolute Gasteiger partial charge is 0.435 e. The summed E-state index contributed by atoms with van der Waals surface area (Å²) in [4.78, 5) is 21.3. The van der Waals surface area contributed by atoms with Crippen molar-refractivity contribution in [3.8, 4) is 10.6 Å². The number of amides is 1. The SMILES string of the molecule is Cc1nc(NC(=O)Cn2ccc(C(F)(F)F)n2)sc1-c1ccccn1. The molecule has 25 heavy (non-hydrogen) atoms. The predicted octanol–water partition coefficient (Wildman–Crippen LogP) is 3.37. The Hall–Kier alpha value is -2.75. The maximum absolute atomic E-state index is 12.5. The molecule has 3 rings (SSSR count). The Kier molecular flexibility index (Phi) is 4.53. The van der Waals surface area contributed by atoms with E-state index in [1.54, 1.807) is 19.2 Å². The van der Waals surface area contributed by atoms with Crippen molar-refractivity contribution in [1.29, 1.82) is 0 Å². The molecule has 0 aliphatic carbocycles. The fourth-order valence-corrected chi connectivity index (χ4v) is 3.05. The third-order valence-electron chi connectivity index (χ3n) is 3.18. The topological polar surface area (TPSA) is 72.7 Å². The minimum Gasteiger partial charge on any atom is -0.300 e.